The summed E-state index contributed by atoms with van der Waals surface area (Å²) in [6.07, 6.45) is 4.56. The second kappa shape index (κ2) is 9.84. The van der Waals surface area contributed by atoms with Crippen LogP contribution in [-0.2, 0) is 6.61 Å². The smallest absolute Gasteiger partial charge is 0.191 e. The highest BCUT2D eigenvalue weighted by Gasteiger charge is 2.53. The van der Waals surface area contributed by atoms with Crippen LogP contribution in [0.2, 0.25) is 0 Å². The second-order valence-electron chi connectivity index (χ2n) is 8.64. The average molecular weight is 467 g/mol. The normalized spacial score (nSPS) is 20.4. The summed E-state index contributed by atoms with van der Waals surface area (Å²) < 4.78 is 16.8. The number of ether oxygens (including phenoxy) is 3. The van der Waals surface area contributed by atoms with E-state index >= 15 is 0 Å². The number of nitriles is 3. The van der Waals surface area contributed by atoms with Crippen LogP contribution in [-0.4, -0.2) is 14.2 Å². The molecular formula is C28H26N4O3. The fraction of sp³-hybridized carbons (Fsp3) is 0.321. The number of hydrogen-bond acceptors (Lipinski definition) is 7. The fourth-order valence-corrected chi connectivity index (χ4v) is 5.16. The zero-order valence-electron chi connectivity index (χ0n) is 19.7. The summed E-state index contributed by atoms with van der Waals surface area (Å²) in [6.45, 7) is 0.275. The highest BCUT2D eigenvalue weighted by Crippen LogP contribution is 2.56. The van der Waals surface area contributed by atoms with Crippen LogP contribution in [0.25, 0.3) is 0 Å². The molecule has 0 heterocycles. The molecule has 0 aromatic heterocycles. The maximum absolute atomic E-state index is 10.2. The van der Waals surface area contributed by atoms with E-state index in [4.69, 9.17) is 19.9 Å². The number of methoxy groups -OCH3 is 2. The van der Waals surface area contributed by atoms with Gasteiger partial charge in [-0.2, -0.15) is 15.8 Å². The third-order valence-corrected chi connectivity index (χ3v) is 6.92. The van der Waals surface area contributed by atoms with E-state index in [9.17, 15) is 15.8 Å². The molecule has 7 heteroatoms. The van der Waals surface area contributed by atoms with E-state index < -0.39 is 11.3 Å². The Hall–Kier alpha value is -4.41. The SMILES string of the molecule is COc1ccc(OCc2ccc([C@H]3[C@@H]4CCCC=C4C(C#N)=C(N)C3(C#N)C#N)cc2OC)cc1. The number of hydrogen-bond donors (Lipinski definition) is 1. The molecule has 7 nitrogen and oxygen atoms in total. The summed E-state index contributed by atoms with van der Waals surface area (Å²) in [5.74, 6) is 1.35. The molecule has 2 aromatic carbocycles. The minimum atomic E-state index is -1.64. The molecule has 2 aliphatic carbocycles. The lowest BCUT2D eigenvalue weighted by Gasteiger charge is -2.43. The van der Waals surface area contributed by atoms with Crippen molar-refractivity contribution in [3.05, 3.63) is 76.5 Å². The number of benzene rings is 2. The number of nitrogens with zero attached hydrogens (tertiary/aromatic N) is 3. The van der Waals surface area contributed by atoms with Gasteiger partial charge in [0.2, 0.25) is 0 Å². The molecule has 176 valence electrons. The molecule has 0 spiro atoms. The molecule has 0 saturated carbocycles. The van der Waals surface area contributed by atoms with Crippen molar-refractivity contribution in [2.75, 3.05) is 14.2 Å². The molecule has 2 atom stereocenters. The fourth-order valence-electron chi connectivity index (χ4n) is 5.16. The van der Waals surface area contributed by atoms with Gasteiger partial charge in [-0.25, -0.2) is 0 Å². The Morgan fingerprint density at radius 2 is 1.71 bits per heavy atom. The van der Waals surface area contributed by atoms with Crippen LogP contribution in [0.4, 0.5) is 0 Å². The van der Waals surface area contributed by atoms with Gasteiger partial charge in [-0.3, -0.25) is 0 Å². The zero-order chi connectivity index (χ0) is 25.0. The van der Waals surface area contributed by atoms with Crippen molar-refractivity contribution in [2.45, 2.75) is 31.8 Å². The number of rotatable bonds is 6. The van der Waals surface area contributed by atoms with Gasteiger partial charge < -0.3 is 19.9 Å². The topological polar surface area (TPSA) is 125 Å². The lowest BCUT2D eigenvalue weighted by molar-refractivity contribution is 0.294. The number of nitrogens with two attached hydrogens (primary N) is 1. The number of fused-ring (bicyclic) bond motifs is 1. The van der Waals surface area contributed by atoms with E-state index in [0.29, 0.717) is 11.5 Å². The van der Waals surface area contributed by atoms with Crippen molar-refractivity contribution in [1.82, 2.24) is 0 Å². The summed E-state index contributed by atoms with van der Waals surface area (Å²) >= 11 is 0. The van der Waals surface area contributed by atoms with Crippen molar-refractivity contribution in [1.29, 1.82) is 15.8 Å². The Bertz CT molecular complexity index is 1290. The minimum Gasteiger partial charge on any atom is -0.497 e. The standard InChI is InChI=1S/C28H26N4O3/c1-33-20-9-11-21(12-10-20)35-15-19-8-7-18(13-25(19)34-2)26-23-6-4-3-5-22(23)24(14-29)27(32)28(26,16-30)17-31/h5,7-13,23,26H,3-4,6,15,32H2,1-2H3/t23-,26+/m1/s1. The third-order valence-electron chi connectivity index (χ3n) is 6.92. The lowest BCUT2D eigenvalue weighted by atomic mass is 9.56. The predicted molar refractivity (Wildman–Crippen MR) is 129 cm³/mol. The van der Waals surface area contributed by atoms with E-state index in [0.717, 1.165) is 41.7 Å². The van der Waals surface area contributed by atoms with Gasteiger partial charge >= 0.3 is 0 Å². The zero-order valence-corrected chi connectivity index (χ0v) is 19.7. The van der Waals surface area contributed by atoms with Crippen LogP contribution in [0.3, 0.4) is 0 Å². The molecule has 2 N–H and O–H groups in total. The van der Waals surface area contributed by atoms with Gasteiger partial charge in [-0.15, -0.1) is 0 Å². The van der Waals surface area contributed by atoms with Crippen molar-refractivity contribution in [3.63, 3.8) is 0 Å². The summed E-state index contributed by atoms with van der Waals surface area (Å²) in [5, 5.41) is 30.2. The molecular weight excluding hydrogens is 440 g/mol. The van der Waals surface area contributed by atoms with E-state index in [1.807, 2.05) is 48.5 Å². The number of allylic oxidation sites excluding steroid dienone is 4. The molecule has 2 aromatic rings. The van der Waals surface area contributed by atoms with Gasteiger partial charge in [-0.05, 0) is 66.6 Å². The van der Waals surface area contributed by atoms with Crippen LogP contribution in [0.1, 0.15) is 36.3 Å². The molecule has 0 fully saturated rings. The molecule has 4 rings (SSSR count). The van der Waals surface area contributed by atoms with Crippen LogP contribution in [0.15, 0.2) is 65.4 Å². The lowest BCUT2D eigenvalue weighted by Crippen LogP contribution is -2.42. The van der Waals surface area contributed by atoms with Crippen molar-refractivity contribution < 1.29 is 14.2 Å². The summed E-state index contributed by atoms with van der Waals surface area (Å²) in [7, 11) is 3.19. The second-order valence-corrected chi connectivity index (χ2v) is 8.64. The highest BCUT2D eigenvalue weighted by molar-refractivity contribution is 5.59. The van der Waals surface area contributed by atoms with E-state index in [1.165, 1.54) is 0 Å². The summed E-state index contributed by atoms with van der Waals surface area (Å²) in [6, 6.07) is 19.5. The Balaban J connectivity index is 1.72. The van der Waals surface area contributed by atoms with Gasteiger partial charge in [0.05, 0.1) is 37.6 Å². The van der Waals surface area contributed by atoms with Crippen molar-refractivity contribution in [2.24, 2.45) is 17.1 Å². The van der Waals surface area contributed by atoms with Gasteiger partial charge in [-0.1, -0.05) is 18.2 Å². The van der Waals surface area contributed by atoms with Crippen LogP contribution in [0.5, 0.6) is 17.2 Å². The quantitative estimate of drug-likeness (QED) is 0.643. The van der Waals surface area contributed by atoms with Crippen molar-refractivity contribution in [3.8, 4) is 35.5 Å². The molecule has 0 saturated heterocycles. The first-order chi connectivity index (χ1) is 17.0. The van der Waals surface area contributed by atoms with E-state index in [-0.39, 0.29) is 23.8 Å². The van der Waals surface area contributed by atoms with Gasteiger partial charge in [0.1, 0.15) is 29.9 Å². The van der Waals surface area contributed by atoms with Gasteiger partial charge in [0.25, 0.3) is 0 Å². The molecule has 0 bridgehead atoms. The first-order valence-corrected chi connectivity index (χ1v) is 11.4. The average Bonchev–Trinajstić information content (AvgIpc) is 2.91. The Morgan fingerprint density at radius 1 is 1.00 bits per heavy atom. The molecule has 0 radical (unpaired) electrons. The first kappa shape index (κ1) is 23.7. The third kappa shape index (κ3) is 4.05. The van der Waals surface area contributed by atoms with Gasteiger partial charge in [0, 0.05) is 11.5 Å². The summed E-state index contributed by atoms with van der Waals surface area (Å²) in [4.78, 5) is 0. The maximum atomic E-state index is 10.2. The van der Waals surface area contributed by atoms with E-state index in [2.05, 4.69) is 18.2 Å². The Labute approximate surface area is 205 Å². The van der Waals surface area contributed by atoms with Gasteiger partial charge in [0.15, 0.2) is 5.41 Å². The molecule has 35 heavy (non-hydrogen) atoms. The molecule has 0 aliphatic heterocycles. The Kier molecular flexibility index (Phi) is 6.67. The highest BCUT2D eigenvalue weighted by atomic mass is 16.5. The van der Waals surface area contributed by atoms with Crippen LogP contribution >= 0.6 is 0 Å². The first-order valence-electron chi connectivity index (χ1n) is 11.4. The summed E-state index contributed by atoms with van der Waals surface area (Å²) in [5.41, 5.74) is 7.47. The van der Waals surface area contributed by atoms with E-state index in [1.54, 1.807) is 14.2 Å². The minimum absolute atomic E-state index is 0.0327. The maximum Gasteiger partial charge on any atom is 0.191 e. The molecule has 0 amide bonds. The Morgan fingerprint density at radius 3 is 2.34 bits per heavy atom. The van der Waals surface area contributed by atoms with Crippen LogP contribution < -0.4 is 19.9 Å². The molecule has 2 aliphatic rings. The van der Waals surface area contributed by atoms with Crippen molar-refractivity contribution >= 4 is 0 Å². The van der Waals surface area contributed by atoms with Crippen LogP contribution in [0, 0.1) is 45.3 Å². The monoisotopic (exact) mass is 466 g/mol. The largest absolute Gasteiger partial charge is 0.497 e. The predicted octanol–water partition coefficient (Wildman–Crippen LogP) is 4.88. The molecule has 0 unspecified atom stereocenters.